The van der Waals surface area contributed by atoms with E-state index in [1.54, 1.807) is 30.3 Å². The average Bonchev–Trinajstić information content (AvgIpc) is 2.45. The molecule has 0 saturated heterocycles. The molecule has 2 aromatic carbocycles. The molecule has 2 rings (SSSR count). The Balaban J connectivity index is 1.88. The van der Waals surface area contributed by atoms with Gasteiger partial charge in [-0.15, -0.1) is 0 Å². The van der Waals surface area contributed by atoms with E-state index in [-0.39, 0.29) is 24.1 Å². The Labute approximate surface area is 115 Å². The fourth-order valence-electron chi connectivity index (χ4n) is 1.64. The molecule has 1 N–H and O–H groups in total. The Morgan fingerprint density at radius 1 is 1.05 bits per heavy atom. The zero-order valence-electron chi connectivity index (χ0n) is 10.6. The Morgan fingerprint density at radius 2 is 1.80 bits per heavy atom. The van der Waals surface area contributed by atoms with Crippen molar-refractivity contribution in [1.82, 2.24) is 5.32 Å². The van der Waals surface area contributed by atoms with Crippen molar-refractivity contribution in [1.29, 1.82) is 0 Å². The lowest BCUT2D eigenvalue weighted by Crippen LogP contribution is -2.20. The van der Waals surface area contributed by atoms with Crippen molar-refractivity contribution in [2.24, 2.45) is 0 Å². The van der Waals surface area contributed by atoms with Crippen molar-refractivity contribution >= 4 is 12.0 Å². The molecule has 0 radical (unpaired) electrons. The van der Waals surface area contributed by atoms with Crippen LogP contribution in [0.2, 0.25) is 0 Å². The molecule has 0 atom stereocenters. The second-order valence-corrected chi connectivity index (χ2v) is 4.23. The summed E-state index contributed by atoms with van der Waals surface area (Å²) in [5.41, 5.74) is 1.42. The first kappa shape index (κ1) is 13.9. The highest BCUT2D eigenvalue weighted by atomic mass is 19.1. The van der Waals surface area contributed by atoms with Gasteiger partial charge in [0.1, 0.15) is 11.6 Å². The van der Waals surface area contributed by atoms with E-state index in [1.807, 2.05) is 0 Å². The number of hydrogen-bond donors (Lipinski definition) is 1. The number of hydrogen-bond acceptors (Lipinski definition) is 1. The quantitative estimate of drug-likeness (QED) is 0.851. The average molecular weight is 273 g/mol. The van der Waals surface area contributed by atoms with Gasteiger partial charge in [-0.2, -0.15) is 0 Å². The molecule has 0 aliphatic heterocycles. The standard InChI is InChI=1S/C16H13F2NO/c17-14-7-4-12(5-8-14)6-9-16(20)19-11-13-2-1-3-15(18)10-13/h1-10H,11H2,(H,19,20)/b9-6+. The number of carbonyl (C=O) groups is 1. The maximum atomic E-state index is 12.9. The molecule has 0 aromatic heterocycles. The van der Waals surface area contributed by atoms with Crippen molar-refractivity contribution in [3.05, 3.63) is 77.4 Å². The molecular formula is C16H13F2NO. The van der Waals surface area contributed by atoms with Crippen molar-refractivity contribution in [2.75, 3.05) is 0 Å². The van der Waals surface area contributed by atoms with E-state index in [2.05, 4.69) is 5.32 Å². The number of amides is 1. The van der Waals surface area contributed by atoms with E-state index in [4.69, 9.17) is 0 Å². The van der Waals surface area contributed by atoms with Crippen LogP contribution in [-0.4, -0.2) is 5.91 Å². The smallest absolute Gasteiger partial charge is 0.244 e. The molecule has 2 aromatic rings. The lowest BCUT2D eigenvalue weighted by molar-refractivity contribution is -0.116. The molecule has 1 amide bonds. The lowest BCUT2D eigenvalue weighted by Gasteiger charge is -2.02. The first-order valence-corrected chi connectivity index (χ1v) is 6.09. The molecule has 0 saturated carbocycles. The van der Waals surface area contributed by atoms with Crippen LogP contribution in [0.1, 0.15) is 11.1 Å². The molecule has 0 unspecified atom stereocenters. The maximum absolute atomic E-state index is 12.9. The van der Waals surface area contributed by atoms with Gasteiger partial charge >= 0.3 is 0 Å². The Morgan fingerprint density at radius 3 is 2.50 bits per heavy atom. The largest absolute Gasteiger partial charge is 0.348 e. The summed E-state index contributed by atoms with van der Waals surface area (Å²) < 4.78 is 25.6. The zero-order chi connectivity index (χ0) is 14.4. The second-order valence-electron chi connectivity index (χ2n) is 4.23. The number of carbonyl (C=O) groups excluding carboxylic acids is 1. The highest BCUT2D eigenvalue weighted by Gasteiger charge is 1.98. The first-order chi connectivity index (χ1) is 9.63. The van der Waals surface area contributed by atoms with Crippen LogP contribution in [0, 0.1) is 11.6 Å². The monoisotopic (exact) mass is 273 g/mol. The van der Waals surface area contributed by atoms with Crippen molar-refractivity contribution in [3.8, 4) is 0 Å². The summed E-state index contributed by atoms with van der Waals surface area (Å²) in [5, 5.41) is 2.64. The minimum atomic E-state index is -0.335. The summed E-state index contributed by atoms with van der Waals surface area (Å²) in [6.45, 7) is 0.254. The summed E-state index contributed by atoms with van der Waals surface area (Å²) in [7, 11) is 0. The van der Waals surface area contributed by atoms with Crippen LogP contribution in [0.25, 0.3) is 6.08 Å². The van der Waals surface area contributed by atoms with Gasteiger partial charge in [0.25, 0.3) is 0 Å². The van der Waals surface area contributed by atoms with Crippen LogP contribution in [0.15, 0.2) is 54.6 Å². The molecule has 20 heavy (non-hydrogen) atoms. The minimum absolute atomic E-state index is 0.254. The fourth-order valence-corrected chi connectivity index (χ4v) is 1.64. The van der Waals surface area contributed by atoms with Crippen LogP contribution >= 0.6 is 0 Å². The Bertz CT molecular complexity index is 621. The molecule has 0 aliphatic rings. The third-order valence-electron chi connectivity index (χ3n) is 2.65. The molecule has 2 nitrogen and oxygen atoms in total. The van der Waals surface area contributed by atoms with E-state index in [0.717, 1.165) is 5.56 Å². The predicted octanol–water partition coefficient (Wildman–Crippen LogP) is 3.29. The van der Waals surface area contributed by atoms with Gasteiger partial charge in [0.15, 0.2) is 0 Å². The summed E-state index contributed by atoms with van der Waals surface area (Å²) in [6, 6.07) is 11.8. The van der Waals surface area contributed by atoms with Gasteiger partial charge in [0, 0.05) is 12.6 Å². The van der Waals surface area contributed by atoms with Crippen molar-refractivity contribution in [3.63, 3.8) is 0 Å². The van der Waals surface area contributed by atoms with E-state index in [1.165, 1.54) is 30.3 Å². The zero-order valence-corrected chi connectivity index (χ0v) is 10.6. The van der Waals surface area contributed by atoms with E-state index in [0.29, 0.717) is 5.56 Å². The maximum Gasteiger partial charge on any atom is 0.244 e. The molecule has 0 spiro atoms. The van der Waals surface area contributed by atoms with Crippen LogP contribution in [0.3, 0.4) is 0 Å². The van der Waals surface area contributed by atoms with Gasteiger partial charge in [0.05, 0.1) is 0 Å². The minimum Gasteiger partial charge on any atom is -0.348 e. The van der Waals surface area contributed by atoms with Gasteiger partial charge < -0.3 is 5.32 Å². The number of nitrogens with one attached hydrogen (secondary N) is 1. The topological polar surface area (TPSA) is 29.1 Å². The number of rotatable bonds is 4. The van der Waals surface area contributed by atoms with Gasteiger partial charge in [-0.1, -0.05) is 24.3 Å². The summed E-state index contributed by atoms with van der Waals surface area (Å²) >= 11 is 0. The molecule has 102 valence electrons. The highest BCUT2D eigenvalue weighted by molar-refractivity contribution is 5.91. The van der Waals surface area contributed by atoms with E-state index in [9.17, 15) is 13.6 Å². The van der Waals surface area contributed by atoms with Gasteiger partial charge in [-0.05, 0) is 41.5 Å². The third kappa shape index (κ3) is 4.31. The fraction of sp³-hybridized carbons (Fsp3) is 0.0625. The number of benzene rings is 2. The predicted molar refractivity (Wildman–Crippen MR) is 73.7 cm³/mol. The first-order valence-electron chi connectivity index (χ1n) is 6.09. The van der Waals surface area contributed by atoms with Gasteiger partial charge in [0.2, 0.25) is 5.91 Å². The molecular weight excluding hydrogens is 260 g/mol. The van der Waals surface area contributed by atoms with E-state index >= 15 is 0 Å². The van der Waals surface area contributed by atoms with Crippen LogP contribution < -0.4 is 5.32 Å². The molecule has 0 heterocycles. The van der Waals surface area contributed by atoms with E-state index < -0.39 is 0 Å². The lowest BCUT2D eigenvalue weighted by atomic mass is 10.2. The molecule has 0 aliphatic carbocycles. The molecule has 4 heteroatoms. The van der Waals surface area contributed by atoms with Gasteiger partial charge in [-0.3, -0.25) is 4.79 Å². The third-order valence-corrected chi connectivity index (χ3v) is 2.65. The summed E-state index contributed by atoms with van der Waals surface area (Å²) in [4.78, 5) is 11.6. The van der Waals surface area contributed by atoms with Crippen LogP contribution in [0.5, 0.6) is 0 Å². The molecule has 0 fully saturated rings. The summed E-state index contributed by atoms with van der Waals surface area (Å²) in [5.74, 6) is -0.949. The van der Waals surface area contributed by atoms with Crippen molar-refractivity contribution < 1.29 is 13.6 Å². The Kier molecular flexibility index (Phi) is 4.60. The van der Waals surface area contributed by atoms with Crippen molar-refractivity contribution in [2.45, 2.75) is 6.54 Å². The Hall–Kier alpha value is -2.49. The number of halogens is 2. The van der Waals surface area contributed by atoms with Crippen LogP contribution in [0.4, 0.5) is 8.78 Å². The van der Waals surface area contributed by atoms with Gasteiger partial charge in [-0.25, -0.2) is 8.78 Å². The molecule has 0 bridgehead atoms. The second kappa shape index (κ2) is 6.61. The summed E-state index contributed by atoms with van der Waals surface area (Å²) in [6.07, 6.45) is 2.94. The van der Waals surface area contributed by atoms with Crippen LogP contribution in [-0.2, 0) is 11.3 Å². The SMILES string of the molecule is O=C(/C=C/c1ccc(F)cc1)NCc1cccc(F)c1. The normalized spacial score (nSPS) is 10.7. The highest BCUT2D eigenvalue weighted by Crippen LogP contribution is 2.05.